The summed E-state index contributed by atoms with van der Waals surface area (Å²) in [6.45, 7) is 2.68. The molecule has 1 heterocycles. The van der Waals surface area contributed by atoms with E-state index in [0.717, 1.165) is 12.8 Å². The van der Waals surface area contributed by atoms with Gasteiger partial charge in [-0.05, 0) is 55.0 Å². The van der Waals surface area contributed by atoms with Crippen LogP contribution in [0.5, 0.6) is 5.75 Å². The molecule has 3 aromatic carbocycles. The molecule has 0 atom stereocenters. The van der Waals surface area contributed by atoms with Crippen LogP contribution in [0.3, 0.4) is 0 Å². The quantitative estimate of drug-likeness (QED) is 0.511. The molecule has 0 saturated heterocycles. The van der Waals surface area contributed by atoms with E-state index in [1.54, 1.807) is 48.5 Å². The molecule has 0 aromatic heterocycles. The highest BCUT2D eigenvalue weighted by Crippen LogP contribution is 2.27. The van der Waals surface area contributed by atoms with Gasteiger partial charge in [-0.15, -0.1) is 4.40 Å². The average Bonchev–Trinajstić information content (AvgIpc) is 3.05. The molecule has 4 rings (SSSR count). The standard InChI is InChI=1S/C24H23N3O4S/c1-2-3-16-31-21-10-6-5-9-20(21)26-24(28)17-12-14-18(15-13-17)25-23-19-8-4-7-11-22(19)32(29,30)27-23/h4-15H,2-3,16H2,1H3,(H,25,27)(H,26,28). The molecule has 1 amide bonds. The minimum Gasteiger partial charge on any atom is -0.491 e. The Hall–Kier alpha value is -3.65. The van der Waals surface area contributed by atoms with E-state index in [1.165, 1.54) is 6.07 Å². The maximum Gasteiger partial charge on any atom is 0.285 e. The van der Waals surface area contributed by atoms with Crippen LogP contribution >= 0.6 is 0 Å². The first-order valence-electron chi connectivity index (χ1n) is 10.3. The van der Waals surface area contributed by atoms with E-state index >= 15 is 0 Å². The summed E-state index contributed by atoms with van der Waals surface area (Å²) in [4.78, 5) is 12.9. The number of nitrogens with zero attached hydrogens (tertiary/aromatic N) is 1. The second-order valence-corrected chi connectivity index (χ2v) is 8.84. The fraction of sp³-hybridized carbons (Fsp3) is 0.167. The van der Waals surface area contributed by atoms with Crippen molar-refractivity contribution in [2.75, 3.05) is 17.2 Å². The van der Waals surface area contributed by atoms with Crippen LogP contribution in [0, 0.1) is 0 Å². The SMILES string of the molecule is CCCCOc1ccccc1NC(=O)c1ccc(NC2=NS(=O)(=O)c3ccccc32)cc1. The zero-order valence-electron chi connectivity index (χ0n) is 17.5. The van der Waals surface area contributed by atoms with E-state index in [4.69, 9.17) is 4.74 Å². The minimum absolute atomic E-state index is 0.179. The van der Waals surface area contributed by atoms with E-state index in [0.29, 0.717) is 34.9 Å². The van der Waals surface area contributed by atoms with Gasteiger partial charge in [0.1, 0.15) is 10.6 Å². The van der Waals surface area contributed by atoms with Crippen LogP contribution < -0.4 is 15.4 Å². The third kappa shape index (κ3) is 4.65. The summed E-state index contributed by atoms with van der Waals surface area (Å²) in [7, 11) is -3.69. The second-order valence-electron chi connectivity index (χ2n) is 7.27. The highest BCUT2D eigenvalue weighted by atomic mass is 32.2. The topological polar surface area (TPSA) is 96.9 Å². The first kappa shape index (κ1) is 21.6. The first-order valence-corrected chi connectivity index (χ1v) is 11.8. The molecule has 3 aromatic rings. The summed E-state index contributed by atoms with van der Waals surface area (Å²) < 4.78 is 34.0. The monoisotopic (exact) mass is 449 g/mol. The number of fused-ring (bicyclic) bond motifs is 1. The number of rotatable bonds is 7. The Morgan fingerprint density at radius 2 is 1.69 bits per heavy atom. The fourth-order valence-corrected chi connectivity index (χ4v) is 4.43. The molecular weight excluding hydrogens is 426 g/mol. The maximum atomic E-state index is 12.7. The van der Waals surface area contributed by atoms with E-state index in [1.807, 2.05) is 18.2 Å². The molecule has 164 valence electrons. The number of ether oxygens (including phenoxy) is 1. The van der Waals surface area contributed by atoms with Gasteiger partial charge in [-0.2, -0.15) is 8.42 Å². The third-order valence-electron chi connectivity index (χ3n) is 4.93. The number of benzene rings is 3. The maximum absolute atomic E-state index is 12.7. The zero-order valence-corrected chi connectivity index (χ0v) is 18.4. The average molecular weight is 450 g/mol. The number of amidine groups is 1. The molecule has 0 saturated carbocycles. The number of unbranched alkanes of at least 4 members (excludes halogenated alkanes) is 1. The van der Waals surface area contributed by atoms with E-state index < -0.39 is 10.0 Å². The lowest BCUT2D eigenvalue weighted by Gasteiger charge is -2.12. The molecule has 7 nitrogen and oxygen atoms in total. The predicted octanol–water partition coefficient (Wildman–Crippen LogP) is 4.68. The van der Waals surface area contributed by atoms with Gasteiger partial charge in [0, 0.05) is 16.8 Å². The normalized spacial score (nSPS) is 13.7. The molecule has 2 N–H and O–H groups in total. The Morgan fingerprint density at radius 1 is 0.969 bits per heavy atom. The van der Waals surface area contributed by atoms with Crippen LogP contribution in [0.4, 0.5) is 11.4 Å². The molecular formula is C24H23N3O4S. The smallest absolute Gasteiger partial charge is 0.285 e. The molecule has 32 heavy (non-hydrogen) atoms. The summed E-state index contributed by atoms with van der Waals surface area (Å²) in [6, 6.07) is 20.7. The summed E-state index contributed by atoms with van der Waals surface area (Å²) >= 11 is 0. The van der Waals surface area contributed by atoms with Crippen molar-refractivity contribution in [1.82, 2.24) is 0 Å². The fourth-order valence-electron chi connectivity index (χ4n) is 3.25. The van der Waals surface area contributed by atoms with Crippen LogP contribution in [-0.4, -0.2) is 26.8 Å². The highest BCUT2D eigenvalue weighted by molar-refractivity contribution is 7.90. The highest BCUT2D eigenvalue weighted by Gasteiger charge is 2.28. The van der Waals surface area contributed by atoms with Gasteiger partial charge in [0.25, 0.3) is 15.9 Å². The van der Waals surface area contributed by atoms with E-state index in [2.05, 4.69) is 22.0 Å². The number of anilines is 2. The Balaban J connectivity index is 1.45. The van der Waals surface area contributed by atoms with Gasteiger partial charge in [-0.25, -0.2) is 0 Å². The Labute approximate surface area is 187 Å². The molecule has 0 radical (unpaired) electrons. The van der Waals surface area contributed by atoms with Crippen LogP contribution in [0.15, 0.2) is 82.1 Å². The number of hydrogen-bond donors (Lipinski definition) is 2. The van der Waals surface area contributed by atoms with Gasteiger partial charge >= 0.3 is 0 Å². The molecule has 1 aliphatic heterocycles. The Morgan fingerprint density at radius 3 is 2.47 bits per heavy atom. The van der Waals surface area contributed by atoms with Gasteiger partial charge in [0.2, 0.25) is 0 Å². The van der Waals surface area contributed by atoms with Gasteiger partial charge in [-0.3, -0.25) is 4.79 Å². The van der Waals surface area contributed by atoms with Crippen LogP contribution in [-0.2, 0) is 10.0 Å². The summed E-state index contributed by atoms with van der Waals surface area (Å²) in [5.74, 6) is 0.622. The number of hydrogen-bond acceptors (Lipinski definition) is 5. The Kier molecular flexibility index (Phi) is 6.23. The van der Waals surface area contributed by atoms with Gasteiger partial charge in [-0.1, -0.05) is 37.6 Å². The number of nitrogens with one attached hydrogen (secondary N) is 2. The van der Waals surface area contributed by atoms with Gasteiger partial charge < -0.3 is 15.4 Å². The number of carbonyl (C=O) groups is 1. The van der Waals surface area contributed by atoms with Crippen molar-refractivity contribution in [3.63, 3.8) is 0 Å². The van der Waals surface area contributed by atoms with Gasteiger partial charge in [0.05, 0.1) is 12.3 Å². The first-order chi connectivity index (χ1) is 15.5. The molecule has 0 aliphatic carbocycles. The van der Waals surface area contributed by atoms with Crippen molar-refractivity contribution >= 4 is 33.1 Å². The predicted molar refractivity (Wildman–Crippen MR) is 125 cm³/mol. The number of carbonyl (C=O) groups excluding carboxylic acids is 1. The molecule has 0 spiro atoms. The van der Waals surface area contributed by atoms with Crippen molar-refractivity contribution in [3.05, 3.63) is 83.9 Å². The number of para-hydroxylation sites is 2. The largest absolute Gasteiger partial charge is 0.491 e. The Bertz CT molecular complexity index is 1270. The van der Waals surface area contributed by atoms with Crippen LogP contribution in [0.2, 0.25) is 0 Å². The van der Waals surface area contributed by atoms with Crippen molar-refractivity contribution in [3.8, 4) is 5.75 Å². The van der Waals surface area contributed by atoms with Crippen molar-refractivity contribution < 1.29 is 17.9 Å². The summed E-state index contributed by atoms with van der Waals surface area (Å²) in [5, 5.41) is 5.91. The van der Waals surface area contributed by atoms with Crippen LogP contribution in [0.25, 0.3) is 0 Å². The van der Waals surface area contributed by atoms with Crippen molar-refractivity contribution in [2.45, 2.75) is 24.7 Å². The second kappa shape index (κ2) is 9.23. The molecule has 0 bridgehead atoms. The molecule has 0 unspecified atom stereocenters. The van der Waals surface area contributed by atoms with Crippen molar-refractivity contribution in [1.29, 1.82) is 0 Å². The lowest BCUT2D eigenvalue weighted by atomic mass is 10.1. The number of amides is 1. The molecule has 0 fully saturated rings. The van der Waals surface area contributed by atoms with Gasteiger partial charge in [0.15, 0.2) is 5.84 Å². The van der Waals surface area contributed by atoms with Crippen molar-refractivity contribution in [2.24, 2.45) is 4.40 Å². The van der Waals surface area contributed by atoms with E-state index in [-0.39, 0.29) is 16.6 Å². The third-order valence-corrected chi connectivity index (χ3v) is 6.27. The number of sulfonamides is 1. The zero-order chi connectivity index (χ0) is 22.6. The lowest BCUT2D eigenvalue weighted by Crippen LogP contribution is -2.14. The van der Waals surface area contributed by atoms with E-state index in [9.17, 15) is 13.2 Å². The molecule has 1 aliphatic rings. The minimum atomic E-state index is -3.69. The summed E-state index contributed by atoms with van der Waals surface area (Å²) in [6.07, 6.45) is 1.96. The lowest BCUT2D eigenvalue weighted by molar-refractivity contribution is 0.102. The van der Waals surface area contributed by atoms with Crippen LogP contribution in [0.1, 0.15) is 35.7 Å². The summed E-state index contributed by atoms with van der Waals surface area (Å²) in [5.41, 5.74) is 2.21. The molecule has 8 heteroatoms.